The number of esters is 2. The summed E-state index contributed by atoms with van der Waals surface area (Å²) in [5.41, 5.74) is 0. The number of hydrogen-bond acceptors (Lipinski definition) is 8. The quantitative estimate of drug-likeness (QED) is 0.0277. The summed E-state index contributed by atoms with van der Waals surface area (Å²) in [5, 5.41) is 0. The van der Waals surface area contributed by atoms with E-state index in [1.165, 1.54) is 128 Å². The molecule has 0 aromatic heterocycles. The minimum Gasteiger partial charge on any atom is -0.462 e. The maximum Gasteiger partial charge on any atom is 0.472 e. The third kappa shape index (κ3) is 45.6. The van der Waals surface area contributed by atoms with E-state index in [2.05, 4.69) is 50.3 Å². The molecule has 0 rings (SSSR count). The molecule has 0 amide bonds. The molecule has 10 heteroatoms. The highest BCUT2D eigenvalue weighted by Gasteiger charge is 2.26. The lowest BCUT2D eigenvalue weighted by Crippen LogP contribution is -2.29. The highest BCUT2D eigenvalue weighted by atomic mass is 31.2. The van der Waals surface area contributed by atoms with E-state index in [1.807, 2.05) is 19.0 Å². The Balaban J connectivity index is 4.23. The van der Waals surface area contributed by atoms with Crippen LogP contribution in [0.25, 0.3) is 0 Å². The first kappa shape index (κ1) is 57.2. The lowest BCUT2D eigenvalue weighted by atomic mass is 10.1. The smallest absolute Gasteiger partial charge is 0.462 e. The van der Waals surface area contributed by atoms with Gasteiger partial charge in [-0.25, -0.2) is 4.57 Å². The SMILES string of the molecule is CCCCC/C=C\C/C=C\CCCCCCCCCC(=O)OCC(COP(=O)(O)OCCN(C)C)OC(=O)CCCCCCCCCCC/C=C\CCCCCCCC. The van der Waals surface area contributed by atoms with Gasteiger partial charge in [0.05, 0.1) is 13.2 Å². The van der Waals surface area contributed by atoms with Gasteiger partial charge in [-0.2, -0.15) is 0 Å². The summed E-state index contributed by atoms with van der Waals surface area (Å²) in [6.07, 6.45) is 49.0. The summed E-state index contributed by atoms with van der Waals surface area (Å²) in [5.74, 6) is -0.808. The number of hydrogen-bond donors (Lipinski definition) is 1. The van der Waals surface area contributed by atoms with Gasteiger partial charge in [-0.3, -0.25) is 18.6 Å². The predicted octanol–water partition coefficient (Wildman–Crippen LogP) is 14.3. The molecule has 0 bridgehead atoms. The lowest BCUT2D eigenvalue weighted by molar-refractivity contribution is -0.161. The van der Waals surface area contributed by atoms with E-state index in [4.69, 9.17) is 18.5 Å². The Morgan fingerprint density at radius 1 is 0.525 bits per heavy atom. The molecule has 59 heavy (non-hydrogen) atoms. The largest absolute Gasteiger partial charge is 0.472 e. The molecule has 9 nitrogen and oxygen atoms in total. The minimum atomic E-state index is -4.37. The number of unbranched alkanes of at least 4 members (excludes halogenated alkanes) is 25. The number of phosphoric acid groups is 1. The fourth-order valence-corrected chi connectivity index (χ4v) is 7.40. The third-order valence-corrected chi connectivity index (χ3v) is 11.4. The van der Waals surface area contributed by atoms with Crippen molar-refractivity contribution in [1.29, 1.82) is 0 Å². The van der Waals surface area contributed by atoms with Crippen molar-refractivity contribution in [2.24, 2.45) is 0 Å². The number of allylic oxidation sites excluding steroid dienone is 6. The van der Waals surface area contributed by atoms with Gasteiger partial charge in [0, 0.05) is 19.4 Å². The number of carbonyl (C=O) groups excluding carboxylic acids is 2. The maximum atomic E-state index is 12.7. The number of likely N-dealkylation sites (N-methyl/N-ethyl adjacent to an activating group) is 1. The first-order chi connectivity index (χ1) is 28.7. The standard InChI is InChI=1S/C49H92NO8P/c1-5-7-9-11-13-15-17-19-21-23-24-26-28-30-32-34-36-38-40-42-49(52)58-47(46-57-59(53,54)56-44-43-50(3)4)45-55-48(51)41-39-37-35-33-31-29-27-25-22-20-18-16-14-12-10-8-6-2/h14,16,19-22,47H,5-13,15,17-18,23-46H2,1-4H3,(H,53,54)/b16-14-,21-19-,22-20-. The molecule has 346 valence electrons. The first-order valence-electron chi connectivity index (χ1n) is 24.3. The van der Waals surface area contributed by atoms with E-state index < -0.39 is 26.5 Å². The van der Waals surface area contributed by atoms with Gasteiger partial charge in [0.2, 0.25) is 0 Å². The number of phosphoric ester groups is 1. The topological polar surface area (TPSA) is 112 Å². The second kappa shape index (κ2) is 44.3. The number of rotatable bonds is 45. The van der Waals surface area contributed by atoms with Crippen molar-refractivity contribution in [2.75, 3.05) is 40.5 Å². The summed E-state index contributed by atoms with van der Waals surface area (Å²) in [6.45, 7) is 4.31. The second-order valence-corrected chi connectivity index (χ2v) is 18.1. The Morgan fingerprint density at radius 3 is 1.39 bits per heavy atom. The summed E-state index contributed by atoms with van der Waals surface area (Å²) >= 11 is 0. The zero-order valence-electron chi connectivity index (χ0n) is 38.7. The Bertz CT molecular complexity index is 1080. The molecule has 0 aliphatic rings. The predicted molar refractivity (Wildman–Crippen MR) is 248 cm³/mol. The zero-order chi connectivity index (χ0) is 43.3. The van der Waals surface area contributed by atoms with E-state index in [0.717, 1.165) is 57.8 Å². The Hall–Kier alpha value is -1.77. The van der Waals surface area contributed by atoms with E-state index in [0.29, 0.717) is 13.0 Å². The molecular formula is C49H92NO8P. The first-order valence-corrected chi connectivity index (χ1v) is 25.8. The van der Waals surface area contributed by atoms with Gasteiger partial charge in [-0.1, -0.05) is 172 Å². The fraction of sp³-hybridized carbons (Fsp3) is 0.837. The molecule has 0 fully saturated rings. The van der Waals surface area contributed by atoms with Crippen LogP contribution in [0.4, 0.5) is 0 Å². The van der Waals surface area contributed by atoms with Crippen LogP contribution in [0, 0.1) is 0 Å². The maximum absolute atomic E-state index is 12.7. The van der Waals surface area contributed by atoms with Gasteiger partial charge in [0.15, 0.2) is 6.10 Å². The van der Waals surface area contributed by atoms with Crippen LogP contribution in [0.5, 0.6) is 0 Å². The Morgan fingerprint density at radius 2 is 0.915 bits per heavy atom. The number of nitrogens with zero attached hydrogens (tertiary/aromatic N) is 1. The fourth-order valence-electron chi connectivity index (χ4n) is 6.65. The van der Waals surface area contributed by atoms with Crippen molar-refractivity contribution in [3.05, 3.63) is 36.5 Å². The van der Waals surface area contributed by atoms with Crippen LogP contribution in [-0.2, 0) is 32.7 Å². The molecule has 2 atom stereocenters. The Labute approximate surface area is 363 Å². The zero-order valence-corrected chi connectivity index (χ0v) is 39.6. The summed E-state index contributed by atoms with van der Waals surface area (Å²) in [4.78, 5) is 37.1. The van der Waals surface area contributed by atoms with Crippen molar-refractivity contribution < 1.29 is 37.6 Å². The molecular weight excluding hydrogens is 762 g/mol. The molecule has 0 aromatic rings. The minimum absolute atomic E-state index is 0.00588. The molecule has 0 saturated heterocycles. The van der Waals surface area contributed by atoms with Crippen LogP contribution in [-0.4, -0.2) is 68.3 Å². The van der Waals surface area contributed by atoms with Crippen molar-refractivity contribution in [3.8, 4) is 0 Å². The average molecular weight is 854 g/mol. The van der Waals surface area contributed by atoms with Crippen LogP contribution in [0.1, 0.15) is 219 Å². The van der Waals surface area contributed by atoms with E-state index in [-0.39, 0.29) is 32.0 Å². The van der Waals surface area contributed by atoms with Crippen LogP contribution >= 0.6 is 7.82 Å². The number of carbonyl (C=O) groups is 2. The molecule has 0 aromatic carbocycles. The summed E-state index contributed by atoms with van der Waals surface area (Å²) in [6, 6.07) is 0. The van der Waals surface area contributed by atoms with Gasteiger partial charge in [0.1, 0.15) is 6.61 Å². The summed E-state index contributed by atoms with van der Waals surface area (Å²) in [7, 11) is -0.715. The van der Waals surface area contributed by atoms with Crippen molar-refractivity contribution >= 4 is 19.8 Å². The van der Waals surface area contributed by atoms with Crippen LogP contribution in [0.2, 0.25) is 0 Å². The van der Waals surface area contributed by atoms with Gasteiger partial charge in [-0.15, -0.1) is 0 Å². The van der Waals surface area contributed by atoms with E-state index in [1.54, 1.807) is 0 Å². The highest BCUT2D eigenvalue weighted by Crippen LogP contribution is 2.43. The molecule has 0 spiro atoms. The van der Waals surface area contributed by atoms with Crippen LogP contribution < -0.4 is 0 Å². The molecule has 0 heterocycles. The Kier molecular flexibility index (Phi) is 43.0. The van der Waals surface area contributed by atoms with Gasteiger partial charge >= 0.3 is 19.8 Å². The van der Waals surface area contributed by atoms with Gasteiger partial charge < -0.3 is 19.3 Å². The van der Waals surface area contributed by atoms with Crippen LogP contribution in [0.3, 0.4) is 0 Å². The monoisotopic (exact) mass is 854 g/mol. The van der Waals surface area contributed by atoms with Gasteiger partial charge in [0.25, 0.3) is 0 Å². The molecule has 0 aliphatic carbocycles. The molecule has 0 aliphatic heterocycles. The highest BCUT2D eigenvalue weighted by molar-refractivity contribution is 7.47. The van der Waals surface area contributed by atoms with Gasteiger partial charge in [-0.05, 0) is 84.7 Å². The lowest BCUT2D eigenvalue weighted by Gasteiger charge is -2.20. The third-order valence-electron chi connectivity index (χ3n) is 10.4. The van der Waals surface area contributed by atoms with Crippen molar-refractivity contribution in [1.82, 2.24) is 4.90 Å². The number of ether oxygens (including phenoxy) is 2. The molecule has 2 unspecified atom stereocenters. The van der Waals surface area contributed by atoms with Crippen molar-refractivity contribution in [3.63, 3.8) is 0 Å². The van der Waals surface area contributed by atoms with Crippen LogP contribution in [0.15, 0.2) is 36.5 Å². The molecule has 1 N–H and O–H groups in total. The molecule has 0 saturated carbocycles. The van der Waals surface area contributed by atoms with E-state index in [9.17, 15) is 19.0 Å². The molecule has 0 radical (unpaired) electrons. The van der Waals surface area contributed by atoms with Crippen molar-refractivity contribution in [2.45, 2.75) is 225 Å². The normalized spacial score (nSPS) is 13.6. The van der Waals surface area contributed by atoms with E-state index >= 15 is 0 Å². The summed E-state index contributed by atoms with van der Waals surface area (Å²) < 4.78 is 33.6. The average Bonchev–Trinajstić information content (AvgIpc) is 3.20. The second-order valence-electron chi connectivity index (χ2n) is 16.6.